The van der Waals surface area contributed by atoms with Gasteiger partial charge in [0.1, 0.15) is 5.82 Å². The van der Waals surface area contributed by atoms with Crippen molar-refractivity contribution < 1.29 is 14.3 Å². The number of benzene rings is 1. The highest BCUT2D eigenvalue weighted by molar-refractivity contribution is 5.75. The van der Waals surface area contributed by atoms with Gasteiger partial charge < -0.3 is 15.3 Å². The molecule has 0 unspecified atom stereocenters. The molecule has 0 atom stereocenters. The fraction of sp³-hybridized carbons (Fsp3) is 0.562. The van der Waals surface area contributed by atoms with Crippen LogP contribution in [0.25, 0.3) is 0 Å². The molecular formula is C16H23FN2O2. The third-order valence-corrected chi connectivity index (χ3v) is 3.78. The lowest BCUT2D eigenvalue weighted by Gasteiger charge is -2.31. The van der Waals surface area contributed by atoms with Gasteiger partial charge in [0.05, 0.1) is 11.8 Å². The lowest BCUT2D eigenvalue weighted by molar-refractivity contribution is -0.121. The molecule has 1 aliphatic rings. The number of amides is 1. The Balaban J connectivity index is 1.95. The highest BCUT2D eigenvalue weighted by Crippen LogP contribution is 2.24. The standard InChI is InChI=1S/C16H23FN2O2/c1-2-3-16(21)18-11-12-4-5-15(14(17)10-12)19-8-6-13(20)7-9-19/h4-5,10,13,20H,2-3,6-9,11H2,1H3,(H,18,21). The van der Waals surface area contributed by atoms with Gasteiger partial charge in [0.2, 0.25) is 5.91 Å². The lowest BCUT2D eigenvalue weighted by atomic mass is 10.1. The van der Waals surface area contributed by atoms with Gasteiger partial charge in [0.15, 0.2) is 0 Å². The fourth-order valence-corrected chi connectivity index (χ4v) is 2.54. The Morgan fingerprint density at radius 1 is 1.43 bits per heavy atom. The van der Waals surface area contributed by atoms with Gasteiger partial charge in [0, 0.05) is 26.1 Å². The van der Waals surface area contributed by atoms with E-state index in [1.807, 2.05) is 17.9 Å². The second-order valence-corrected chi connectivity index (χ2v) is 5.53. The molecule has 116 valence electrons. The molecule has 0 aliphatic carbocycles. The quantitative estimate of drug-likeness (QED) is 0.875. The number of carbonyl (C=O) groups is 1. The maximum Gasteiger partial charge on any atom is 0.220 e. The molecule has 1 heterocycles. The van der Waals surface area contributed by atoms with Crippen molar-refractivity contribution in [1.82, 2.24) is 5.32 Å². The minimum atomic E-state index is -0.270. The van der Waals surface area contributed by atoms with Crippen molar-refractivity contribution in [3.8, 4) is 0 Å². The van der Waals surface area contributed by atoms with Gasteiger partial charge in [0.25, 0.3) is 0 Å². The van der Waals surface area contributed by atoms with Gasteiger partial charge >= 0.3 is 0 Å². The largest absolute Gasteiger partial charge is 0.393 e. The molecular weight excluding hydrogens is 271 g/mol. The van der Waals surface area contributed by atoms with Gasteiger partial charge in [-0.1, -0.05) is 13.0 Å². The van der Waals surface area contributed by atoms with Crippen LogP contribution in [0.4, 0.5) is 10.1 Å². The molecule has 0 saturated carbocycles. The zero-order valence-electron chi connectivity index (χ0n) is 12.4. The highest BCUT2D eigenvalue weighted by Gasteiger charge is 2.19. The van der Waals surface area contributed by atoms with Crippen molar-refractivity contribution in [2.75, 3.05) is 18.0 Å². The van der Waals surface area contributed by atoms with E-state index in [0.29, 0.717) is 44.6 Å². The Bertz CT molecular complexity index is 485. The first-order valence-corrected chi connectivity index (χ1v) is 7.58. The third-order valence-electron chi connectivity index (χ3n) is 3.78. The van der Waals surface area contributed by atoms with E-state index in [1.165, 1.54) is 6.07 Å². The first-order chi connectivity index (χ1) is 10.1. The highest BCUT2D eigenvalue weighted by atomic mass is 19.1. The first kappa shape index (κ1) is 15.8. The Hall–Kier alpha value is -1.62. The molecule has 0 spiro atoms. The van der Waals surface area contributed by atoms with Gasteiger partial charge in [-0.25, -0.2) is 4.39 Å². The Labute approximate surface area is 125 Å². The maximum absolute atomic E-state index is 14.2. The molecule has 1 amide bonds. The summed E-state index contributed by atoms with van der Waals surface area (Å²) in [5.41, 5.74) is 1.34. The molecule has 1 aliphatic heterocycles. The van der Waals surface area contributed by atoms with Gasteiger partial charge in [-0.15, -0.1) is 0 Å². The number of carbonyl (C=O) groups excluding carboxylic acids is 1. The number of nitrogens with one attached hydrogen (secondary N) is 1. The molecule has 4 nitrogen and oxygen atoms in total. The number of aliphatic hydroxyl groups excluding tert-OH is 1. The van der Waals surface area contributed by atoms with E-state index in [0.717, 1.165) is 12.0 Å². The molecule has 1 aromatic carbocycles. The van der Waals surface area contributed by atoms with Crippen LogP contribution in [0.5, 0.6) is 0 Å². The average molecular weight is 294 g/mol. The van der Waals surface area contributed by atoms with Gasteiger partial charge in [-0.2, -0.15) is 0 Å². The number of aliphatic hydroxyl groups is 1. The number of anilines is 1. The number of hydrogen-bond donors (Lipinski definition) is 2. The van der Waals surface area contributed by atoms with Crippen molar-refractivity contribution >= 4 is 11.6 Å². The van der Waals surface area contributed by atoms with Crippen LogP contribution in [-0.2, 0) is 11.3 Å². The van der Waals surface area contributed by atoms with Crippen LogP contribution in [0.1, 0.15) is 38.2 Å². The zero-order chi connectivity index (χ0) is 15.2. The van der Waals surface area contributed by atoms with Crippen molar-refractivity contribution in [1.29, 1.82) is 0 Å². The van der Waals surface area contributed by atoms with E-state index in [9.17, 15) is 14.3 Å². The van der Waals surface area contributed by atoms with E-state index in [4.69, 9.17) is 0 Å². The summed E-state index contributed by atoms with van der Waals surface area (Å²) in [6.07, 6.45) is 2.39. The number of halogens is 1. The van der Waals surface area contributed by atoms with Crippen molar-refractivity contribution in [3.63, 3.8) is 0 Å². The molecule has 1 aromatic rings. The molecule has 2 N–H and O–H groups in total. The maximum atomic E-state index is 14.2. The molecule has 0 bridgehead atoms. The monoisotopic (exact) mass is 294 g/mol. The smallest absolute Gasteiger partial charge is 0.220 e. The van der Waals surface area contributed by atoms with Crippen molar-refractivity contribution in [3.05, 3.63) is 29.6 Å². The Morgan fingerprint density at radius 2 is 2.14 bits per heavy atom. The SMILES string of the molecule is CCCC(=O)NCc1ccc(N2CCC(O)CC2)c(F)c1. The lowest BCUT2D eigenvalue weighted by Crippen LogP contribution is -2.36. The van der Waals surface area contributed by atoms with E-state index in [1.54, 1.807) is 6.07 Å². The van der Waals surface area contributed by atoms with Crippen LogP contribution in [0.2, 0.25) is 0 Å². The molecule has 2 rings (SSSR count). The topological polar surface area (TPSA) is 52.6 Å². The number of rotatable bonds is 5. The number of piperidine rings is 1. The van der Waals surface area contributed by atoms with E-state index in [2.05, 4.69) is 5.32 Å². The minimum Gasteiger partial charge on any atom is -0.393 e. The zero-order valence-corrected chi connectivity index (χ0v) is 12.4. The van der Waals surface area contributed by atoms with Crippen molar-refractivity contribution in [2.24, 2.45) is 0 Å². The van der Waals surface area contributed by atoms with E-state index < -0.39 is 0 Å². The summed E-state index contributed by atoms with van der Waals surface area (Å²) in [7, 11) is 0. The predicted molar refractivity (Wildman–Crippen MR) is 80.6 cm³/mol. The Kier molecular flexibility index (Phi) is 5.56. The van der Waals surface area contributed by atoms with Gasteiger partial charge in [-0.05, 0) is 37.0 Å². The van der Waals surface area contributed by atoms with E-state index >= 15 is 0 Å². The average Bonchev–Trinajstić information content (AvgIpc) is 2.47. The van der Waals surface area contributed by atoms with Crippen LogP contribution in [0, 0.1) is 5.82 Å². The summed E-state index contributed by atoms with van der Waals surface area (Å²) in [5.74, 6) is -0.277. The van der Waals surface area contributed by atoms with Crippen LogP contribution in [-0.4, -0.2) is 30.2 Å². The van der Waals surface area contributed by atoms with Crippen LogP contribution >= 0.6 is 0 Å². The van der Waals surface area contributed by atoms with Crippen LogP contribution in [0.15, 0.2) is 18.2 Å². The van der Waals surface area contributed by atoms with Crippen LogP contribution in [0.3, 0.4) is 0 Å². The van der Waals surface area contributed by atoms with Crippen LogP contribution < -0.4 is 10.2 Å². The van der Waals surface area contributed by atoms with Gasteiger partial charge in [-0.3, -0.25) is 4.79 Å². The molecule has 5 heteroatoms. The molecule has 0 radical (unpaired) electrons. The summed E-state index contributed by atoms with van der Waals surface area (Å²) >= 11 is 0. The summed E-state index contributed by atoms with van der Waals surface area (Å²) in [5, 5.41) is 12.3. The first-order valence-electron chi connectivity index (χ1n) is 7.58. The summed E-state index contributed by atoms with van der Waals surface area (Å²) in [6, 6.07) is 5.08. The third kappa shape index (κ3) is 4.43. The number of hydrogen-bond acceptors (Lipinski definition) is 3. The molecule has 0 aromatic heterocycles. The number of nitrogens with zero attached hydrogens (tertiary/aromatic N) is 1. The van der Waals surface area contributed by atoms with Crippen molar-refractivity contribution in [2.45, 2.75) is 45.3 Å². The summed E-state index contributed by atoms with van der Waals surface area (Å²) in [6.45, 7) is 3.65. The molecule has 21 heavy (non-hydrogen) atoms. The predicted octanol–water partition coefficient (Wildman–Crippen LogP) is 2.20. The summed E-state index contributed by atoms with van der Waals surface area (Å²) in [4.78, 5) is 13.4. The minimum absolute atomic E-state index is 0.00740. The second-order valence-electron chi connectivity index (χ2n) is 5.53. The van der Waals surface area contributed by atoms with E-state index in [-0.39, 0.29) is 17.8 Å². The second kappa shape index (κ2) is 7.41. The molecule has 1 fully saturated rings. The summed E-state index contributed by atoms with van der Waals surface area (Å²) < 4.78 is 14.2. The normalized spacial score (nSPS) is 16.0. The fourth-order valence-electron chi connectivity index (χ4n) is 2.54. The Morgan fingerprint density at radius 3 is 2.76 bits per heavy atom. The molecule has 1 saturated heterocycles.